The SMILES string of the molecule is Cc1ccc(Oc2ccccc2NC(=O)COC(=O)c2ccc(Cl)c([N+](=O)[O-])c2)cc1. The molecule has 0 aliphatic heterocycles. The molecule has 0 aliphatic carbocycles. The first-order chi connectivity index (χ1) is 14.8. The van der Waals surface area contributed by atoms with Gasteiger partial charge in [-0.25, -0.2) is 4.79 Å². The number of hydrogen-bond acceptors (Lipinski definition) is 6. The molecule has 0 saturated carbocycles. The topological polar surface area (TPSA) is 108 Å². The number of nitrogens with zero attached hydrogens (tertiary/aromatic N) is 1. The van der Waals surface area contributed by atoms with Crippen molar-refractivity contribution in [3.63, 3.8) is 0 Å². The van der Waals surface area contributed by atoms with Gasteiger partial charge in [-0.1, -0.05) is 41.4 Å². The average molecular weight is 441 g/mol. The maximum atomic E-state index is 12.3. The maximum Gasteiger partial charge on any atom is 0.338 e. The Labute approximate surface area is 182 Å². The number of anilines is 1. The van der Waals surface area contributed by atoms with Crippen LogP contribution in [-0.4, -0.2) is 23.4 Å². The van der Waals surface area contributed by atoms with Crippen LogP contribution < -0.4 is 10.1 Å². The van der Waals surface area contributed by atoms with Gasteiger partial charge in [0, 0.05) is 6.07 Å². The highest BCUT2D eigenvalue weighted by molar-refractivity contribution is 6.32. The molecule has 0 aliphatic rings. The Bertz CT molecular complexity index is 1130. The van der Waals surface area contributed by atoms with Crippen molar-refractivity contribution in [2.45, 2.75) is 6.92 Å². The minimum atomic E-state index is -0.890. The normalized spacial score (nSPS) is 10.3. The summed E-state index contributed by atoms with van der Waals surface area (Å²) in [5.41, 5.74) is 0.961. The Morgan fingerprint density at radius 2 is 1.77 bits per heavy atom. The maximum absolute atomic E-state index is 12.3. The molecule has 0 heterocycles. The van der Waals surface area contributed by atoms with E-state index in [1.807, 2.05) is 19.1 Å². The highest BCUT2D eigenvalue weighted by atomic mass is 35.5. The first kappa shape index (κ1) is 21.8. The molecule has 31 heavy (non-hydrogen) atoms. The van der Waals surface area contributed by atoms with E-state index in [4.69, 9.17) is 21.1 Å². The summed E-state index contributed by atoms with van der Waals surface area (Å²) < 4.78 is 10.8. The Hall–Kier alpha value is -3.91. The van der Waals surface area contributed by atoms with Crippen LogP contribution in [0.4, 0.5) is 11.4 Å². The number of nitrogens with one attached hydrogen (secondary N) is 1. The van der Waals surface area contributed by atoms with E-state index >= 15 is 0 Å². The van der Waals surface area contributed by atoms with Gasteiger partial charge < -0.3 is 14.8 Å². The number of benzene rings is 3. The summed E-state index contributed by atoms with van der Waals surface area (Å²) in [6, 6.07) is 17.7. The molecule has 0 atom stereocenters. The molecule has 8 nitrogen and oxygen atoms in total. The lowest BCUT2D eigenvalue weighted by atomic mass is 10.2. The van der Waals surface area contributed by atoms with Crippen molar-refractivity contribution in [2.24, 2.45) is 0 Å². The van der Waals surface area contributed by atoms with Gasteiger partial charge in [0.05, 0.1) is 16.2 Å². The van der Waals surface area contributed by atoms with E-state index in [-0.39, 0.29) is 10.6 Å². The molecule has 3 aromatic rings. The van der Waals surface area contributed by atoms with Crippen LogP contribution in [-0.2, 0) is 9.53 Å². The fraction of sp³-hybridized carbons (Fsp3) is 0.0909. The number of carbonyl (C=O) groups is 2. The number of rotatable bonds is 7. The van der Waals surface area contributed by atoms with Gasteiger partial charge in [-0.15, -0.1) is 0 Å². The van der Waals surface area contributed by atoms with Crippen LogP contribution in [0.25, 0.3) is 0 Å². The second kappa shape index (κ2) is 9.73. The molecule has 1 amide bonds. The van der Waals surface area contributed by atoms with Gasteiger partial charge in [-0.05, 0) is 43.3 Å². The fourth-order valence-corrected chi connectivity index (χ4v) is 2.76. The molecular formula is C22H17ClN2O6. The zero-order valence-electron chi connectivity index (χ0n) is 16.3. The zero-order valence-corrected chi connectivity index (χ0v) is 17.1. The van der Waals surface area contributed by atoms with Crippen molar-refractivity contribution in [3.8, 4) is 11.5 Å². The quantitative estimate of drug-likeness (QED) is 0.309. The summed E-state index contributed by atoms with van der Waals surface area (Å²) in [7, 11) is 0. The molecule has 1 N–H and O–H groups in total. The van der Waals surface area contributed by atoms with Crippen LogP contribution in [0.1, 0.15) is 15.9 Å². The first-order valence-electron chi connectivity index (χ1n) is 9.08. The molecule has 0 saturated heterocycles. The molecule has 158 valence electrons. The number of nitro groups is 1. The molecule has 0 spiro atoms. The average Bonchev–Trinajstić information content (AvgIpc) is 2.75. The van der Waals surface area contributed by atoms with Crippen LogP contribution in [0, 0.1) is 17.0 Å². The minimum absolute atomic E-state index is 0.0907. The van der Waals surface area contributed by atoms with Crippen molar-refractivity contribution >= 4 is 34.9 Å². The van der Waals surface area contributed by atoms with Crippen LogP contribution in [0.3, 0.4) is 0 Å². The number of hydrogen-bond donors (Lipinski definition) is 1. The molecular weight excluding hydrogens is 424 g/mol. The molecule has 3 aromatic carbocycles. The fourth-order valence-electron chi connectivity index (χ4n) is 2.57. The predicted molar refractivity (Wildman–Crippen MR) is 115 cm³/mol. The van der Waals surface area contributed by atoms with Crippen LogP contribution >= 0.6 is 11.6 Å². The van der Waals surface area contributed by atoms with E-state index in [0.717, 1.165) is 11.6 Å². The smallest absolute Gasteiger partial charge is 0.338 e. The van der Waals surface area contributed by atoms with E-state index in [9.17, 15) is 19.7 Å². The van der Waals surface area contributed by atoms with E-state index in [2.05, 4.69) is 5.32 Å². The van der Waals surface area contributed by atoms with Crippen molar-refractivity contribution in [1.82, 2.24) is 0 Å². The monoisotopic (exact) mass is 440 g/mol. The van der Waals surface area contributed by atoms with Gasteiger partial charge in [-0.2, -0.15) is 0 Å². The van der Waals surface area contributed by atoms with Gasteiger partial charge in [0.2, 0.25) is 0 Å². The highest BCUT2D eigenvalue weighted by Gasteiger charge is 2.18. The van der Waals surface area contributed by atoms with Gasteiger partial charge in [-0.3, -0.25) is 14.9 Å². The molecule has 0 fully saturated rings. The third-order valence-corrected chi connectivity index (χ3v) is 4.44. The number of amides is 1. The van der Waals surface area contributed by atoms with Gasteiger partial charge in [0.15, 0.2) is 12.4 Å². The lowest BCUT2D eigenvalue weighted by molar-refractivity contribution is -0.384. The van der Waals surface area contributed by atoms with Crippen molar-refractivity contribution < 1.29 is 24.0 Å². The summed E-state index contributed by atoms with van der Waals surface area (Å²) in [5, 5.41) is 13.4. The highest BCUT2D eigenvalue weighted by Crippen LogP contribution is 2.29. The number of halogens is 1. The lowest BCUT2D eigenvalue weighted by Crippen LogP contribution is -2.21. The second-order valence-electron chi connectivity index (χ2n) is 6.46. The van der Waals surface area contributed by atoms with Gasteiger partial charge >= 0.3 is 5.97 Å². The van der Waals surface area contributed by atoms with E-state index in [1.54, 1.807) is 36.4 Å². The van der Waals surface area contributed by atoms with Gasteiger partial charge in [0.1, 0.15) is 10.8 Å². The Morgan fingerprint density at radius 3 is 2.48 bits per heavy atom. The van der Waals surface area contributed by atoms with Gasteiger partial charge in [0.25, 0.3) is 11.6 Å². The molecule has 0 unspecified atom stereocenters. The summed E-state index contributed by atoms with van der Waals surface area (Å²) in [6.45, 7) is 1.37. The van der Waals surface area contributed by atoms with E-state index < -0.39 is 29.1 Å². The number of ether oxygens (including phenoxy) is 2. The van der Waals surface area contributed by atoms with E-state index in [0.29, 0.717) is 17.2 Å². The summed E-state index contributed by atoms with van der Waals surface area (Å²) >= 11 is 5.72. The largest absolute Gasteiger partial charge is 0.455 e. The third-order valence-electron chi connectivity index (χ3n) is 4.12. The van der Waals surface area contributed by atoms with Crippen molar-refractivity contribution in [1.29, 1.82) is 0 Å². The number of esters is 1. The molecule has 0 bridgehead atoms. The van der Waals surface area contributed by atoms with Crippen molar-refractivity contribution in [2.75, 3.05) is 11.9 Å². The minimum Gasteiger partial charge on any atom is -0.455 e. The molecule has 9 heteroatoms. The first-order valence-corrected chi connectivity index (χ1v) is 9.46. The third kappa shape index (κ3) is 5.80. The molecule has 3 rings (SSSR count). The second-order valence-corrected chi connectivity index (χ2v) is 6.87. The molecule has 0 aromatic heterocycles. The summed E-state index contributed by atoms with van der Waals surface area (Å²) in [4.78, 5) is 34.6. The van der Waals surface area contributed by atoms with Crippen LogP contribution in [0.2, 0.25) is 5.02 Å². The standard InChI is InChI=1S/C22H17ClN2O6/c1-14-6-9-16(10-7-14)31-20-5-3-2-4-18(20)24-21(26)13-30-22(27)15-8-11-17(23)19(12-15)25(28)29/h2-12H,13H2,1H3,(H,24,26). The summed E-state index contributed by atoms with van der Waals surface area (Å²) in [5.74, 6) is -0.474. The van der Waals surface area contributed by atoms with Crippen LogP contribution in [0.15, 0.2) is 66.7 Å². The van der Waals surface area contributed by atoms with Crippen molar-refractivity contribution in [3.05, 3.63) is 93.0 Å². The summed E-state index contributed by atoms with van der Waals surface area (Å²) in [6.07, 6.45) is 0. The lowest BCUT2D eigenvalue weighted by Gasteiger charge is -2.12. The zero-order chi connectivity index (χ0) is 22.4. The molecule has 0 radical (unpaired) electrons. The number of carbonyl (C=O) groups excluding carboxylic acids is 2. The number of aryl methyl sites for hydroxylation is 1. The van der Waals surface area contributed by atoms with Crippen LogP contribution in [0.5, 0.6) is 11.5 Å². The predicted octanol–water partition coefficient (Wildman–Crippen LogP) is 5.14. The Kier molecular flexibility index (Phi) is 6.84. The van der Waals surface area contributed by atoms with E-state index in [1.165, 1.54) is 12.1 Å². The Morgan fingerprint density at radius 1 is 1.06 bits per heavy atom. The number of nitro benzene ring substituents is 1. The Balaban J connectivity index is 1.62. The number of para-hydroxylation sites is 2.